The van der Waals surface area contributed by atoms with Crippen molar-refractivity contribution in [3.63, 3.8) is 0 Å². The third-order valence-corrected chi connectivity index (χ3v) is 5.48. The Bertz CT molecular complexity index is 1170. The van der Waals surface area contributed by atoms with Crippen LogP contribution in [0.3, 0.4) is 0 Å². The van der Waals surface area contributed by atoms with Gasteiger partial charge in [-0.15, -0.1) is 0 Å². The van der Waals surface area contributed by atoms with E-state index in [0.29, 0.717) is 31.2 Å². The Morgan fingerprint density at radius 2 is 2.06 bits per heavy atom. The second kappa shape index (κ2) is 9.80. The monoisotopic (exact) mass is 451 g/mol. The van der Waals surface area contributed by atoms with Gasteiger partial charge in [-0.05, 0) is 29.8 Å². The van der Waals surface area contributed by atoms with Gasteiger partial charge in [-0.2, -0.15) is 0 Å². The fourth-order valence-corrected chi connectivity index (χ4v) is 3.82. The third kappa shape index (κ3) is 5.18. The van der Waals surface area contributed by atoms with Crippen LogP contribution in [0.1, 0.15) is 5.56 Å². The molecule has 0 aliphatic carbocycles. The molecule has 1 aliphatic rings. The molecule has 0 radical (unpaired) electrons. The van der Waals surface area contributed by atoms with Crippen LogP contribution in [0.15, 0.2) is 48.8 Å². The van der Waals surface area contributed by atoms with Crippen molar-refractivity contribution >= 4 is 28.4 Å². The third-order valence-electron chi connectivity index (χ3n) is 5.48. The molecule has 1 aromatic heterocycles. The molecule has 1 saturated heterocycles. The number of carbonyl (C=O) groups excluding carboxylic acids is 2. The Balaban J connectivity index is 1.35. The zero-order valence-corrected chi connectivity index (χ0v) is 18.2. The van der Waals surface area contributed by atoms with Crippen molar-refractivity contribution in [3.05, 3.63) is 54.4 Å². The second-order valence-corrected chi connectivity index (χ2v) is 7.74. The predicted molar refractivity (Wildman–Crippen MR) is 120 cm³/mol. The summed E-state index contributed by atoms with van der Waals surface area (Å²) in [4.78, 5) is 37.1. The standard InChI is InChI=1S/C23H25N5O5/c1-32-23(20(30)13-33-17-4-2-3-16(29)10-17)28-8-7-27(21(31)12-28)11-15-5-6-18-19(9-15)25-14-26-22(18)24/h2-6,9-10,14,23,29H,7-8,11-13H2,1H3,(H2,24,25,26). The number of ether oxygens (including phenoxy) is 2. The number of aromatic nitrogens is 2. The van der Waals surface area contributed by atoms with E-state index >= 15 is 0 Å². The number of hydrogen-bond acceptors (Lipinski definition) is 9. The van der Waals surface area contributed by atoms with E-state index in [1.54, 1.807) is 21.9 Å². The molecule has 0 saturated carbocycles. The molecular formula is C23H25N5O5. The van der Waals surface area contributed by atoms with Gasteiger partial charge in [-0.3, -0.25) is 14.5 Å². The number of piperazine rings is 1. The Morgan fingerprint density at radius 3 is 2.82 bits per heavy atom. The minimum absolute atomic E-state index is 0.0484. The van der Waals surface area contributed by atoms with Crippen LogP contribution in [0, 0.1) is 0 Å². The quantitative estimate of drug-likeness (QED) is 0.518. The molecule has 1 fully saturated rings. The summed E-state index contributed by atoms with van der Waals surface area (Å²) in [5.41, 5.74) is 7.53. The molecule has 10 nitrogen and oxygen atoms in total. The fourth-order valence-electron chi connectivity index (χ4n) is 3.82. The van der Waals surface area contributed by atoms with Crippen LogP contribution in [0.5, 0.6) is 11.5 Å². The lowest BCUT2D eigenvalue weighted by atomic mass is 10.1. The first-order valence-corrected chi connectivity index (χ1v) is 10.4. The zero-order valence-electron chi connectivity index (χ0n) is 18.2. The number of phenols is 1. The van der Waals surface area contributed by atoms with Crippen molar-refractivity contribution in [1.29, 1.82) is 0 Å². The summed E-state index contributed by atoms with van der Waals surface area (Å²) < 4.78 is 10.8. The molecule has 1 aliphatic heterocycles. The second-order valence-electron chi connectivity index (χ2n) is 7.74. The van der Waals surface area contributed by atoms with E-state index in [1.807, 2.05) is 18.2 Å². The minimum atomic E-state index is -0.895. The number of nitrogens with two attached hydrogens (primary N) is 1. The van der Waals surface area contributed by atoms with Crippen LogP contribution in [0.25, 0.3) is 10.9 Å². The average Bonchev–Trinajstić information content (AvgIpc) is 2.80. The van der Waals surface area contributed by atoms with Gasteiger partial charge < -0.3 is 25.2 Å². The average molecular weight is 451 g/mol. The molecule has 4 rings (SSSR count). The van der Waals surface area contributed by atoms with E-state index in [-0.39, 0.29) is 30.6 Å². The maximum absolute atomic E-state index is 12.8. The number of phenolic OH excluding ortho intramolecular Hbond substituents is 1. The van der Waals surface area contributed by atoms with E-state index in [9.17, 15) is 14.7 Å². The summed E-state index contributed by atoms with van der Waals surface area (Å²) >= 11 is 0. The van der Waals surface area contributed by atoms with E-state index in [4.69, 9.17) is 15.2 Å². The highest BCUT2D eigenvalue weighted by molar-refractivity contribution is 5.88. The molecule has 2 heterocycles. The van der Waals surface area contributed by atoms with Crippen LogP contribution in [0.4, 0.5) is 5.82 Å². The smallest absolute Gasteiger partial charge is 0.237 e. The van der Waals surface area contributed by atoms with Gasteiger partial charge in [-0.1, -0.05) is 12.1 Å². The van der Waals surface area contributed by atoms with Gasteiger partial charge in [0.15, 0.2) is 12.8 Å². The molecule has 1 unspecified atom stereocenters. The molecule has 10 heteroatoms. The molecule has 0 bridgehead atoms. The molecule has 2 aromatic carbocycles. The highest BCUT2D eigenvalue weighted by Gasteiger charge is 2.33. The van der Waals surface area contributed by atoms with Gasteiger partial charge in [0.25, 0.3) is 0 Å². The van der Waals surface area contributed by atoms with Crippen LogP contribution in [-0.2, 0) is 20.9 Å². The van der Waals surface area contributed by atoms with Crippen LogP contribution < -0.4 is 10.5 Å². The number of methoxy groups -OCH3 is 1. The molecule has 172 valence electrons. The number of anilines is 1. The van der Waals surface area contributed by atoms with Crippen LogP contribution in [0.2, 0.25) is 0 Å². The maximum Gasteiger partial charge on any atom is 0.237 e. The van der Waals surface area contributed by atoms with Gasteiger partial charge in [0.2, 0.25) is 11.7 Å². The van der Waals surface area contributed by atoms with E-state index in [1.165, 1.54) is 25.6 Å². The first kappa shape index (κ1) is 22.4. The molecule has 3 aromatic rings. The van der Waals surface area contributed by atoms with Crippen molar-refractivity contribution in [1.82, 2.24) is 19.8 Å². The summed E-state index contributed by atoms with van der Waals surface area (Å²) in [5.74, 6) is 0.426. The molecule has 0 spiro atoms. The Hall–Kier alpha value is -3.76. The highest BCUT2D eigenvalue weighted by atomic mass is 16.5. The number of nitrogen functional groups attached to an aromatic ring is 1. The van der Waals surface area contributed by atoms with Gasteiger partial charge >= 0.3 is 0 Å². The van der Waals surface area contributed by atoms with Crippen molar-refractivity contribution < 1.29 is 24.2 Å². The fraction of sp³-hybridized carbons (Fsp3) is 0.304. The summed E-state index contributed by atoms with van der Waals surface area (Å²) in [6.45, 7) is 1.17. The van der Waals surface area contributed by atoms with E-state index < -0.39 is 6.23 Å². The number of nitrogens with zero attached hydrogens (tertiary/aromatic N) is 4. The normalized spacial score (nSPS) is 15.5. The molecule has 1 amide bonds. The minimum Gasteiger partial charge on any atom is -0.508 e. The number of hydrogen-bond donors (Lipinski definition) is 2. The Labute approximate surface area is 190 Å². The zero-order chi connectivity index (χ0) is 23.4. The maximum atomic E-state index is 12.8. The number of ketones is 1. The van der Waals surface area contributed by atoms with Crippen molar-refractivity contribution in [3.8, 4) is 11.5 Å². The summed E-state index contributed by atoms with van der Waals surface area (Å²) in [6.07, 6.45) is 0.520. The number of Topliss-reactive ketones (excluding diaryl/α,β-unsaturated/α-hetero) is 1. The number of fused-ring (bicyclic) bond motifs is 1. The summed E-state index contributed by atoms with van der Waals surface area (Å²) in [5, 5.41) is 10.3. The lowest BCUT2D eigenvalue weighted by molar-refractivity contribution is -0.153. The van der Waals surface area contributed by atoms with E-state index in [2.05, 4.69) is 9.97 Å². The SMILES string of the molecule is COC(C(=O)COc1cccc(O)c1)N1CCN(Cc2ccc3c(N)ncnc3c2)C(=O)C1. The van der Waals surface area contributed by atoms with Crippen LogP contribution in [-0.4, -0.2) is 76.1 Å². The first-order chi connectivity index (χ1) is 15.9. The van der Waals surface area contributed by atoms with Gasteiger partial charge in [0.05, 0.1) is 12.1 Å². The van der Waals surface area contributed by atoms with E-state index in [0.717, 1.165) is 16.5 Å². The Morgan fingerprint density at radius 1 is 1.21 bits per heavy atom. The largest absolute Gasteiger partial charge is 0.508 e. The Kier molecular flexibility index (Phi) is 6.66. The summed E-state index contributed by atoms with van der Waals surface area (Å²) in [6, 6.07) is 11.9. The molecule has 33 heavy (non-hydrogen) atoms. The lowest BCUT2D eigenvalue weighted by Gasteiger charge is -2.37. The first-order valence-electron chi connectivity index (χ1n) is 10.4. The van der Waals surface area contributed by atoms with Gasteiger partial charge in [0.1, 0.15) is 23.6 Å². The highest BCUT2D eigenvalue weighted by Crippen LogP contribution is 2.21. The molecule has 3 N–H and O–H groups in total. The number of amides is 1. The molecule has 1 atom stereocenters. The topological polar surface area (TPSA) is 131 Å². The predicted octanol–water partition coefficient (Wildman–Crippen LogP) is 1.18. The number of benzene rings is 2. The summed E-state index contributed by atoms with van der Waals surface area (Å²) in [7, 11) is 1.43. The van der Waals surface area contributed by atoms with Gasteiger partial charge in [-0.25, -0.2) is 9.97 Å². The van der Waals surface area contributed by atoms with Crippen LogP contribution >= 0.6 is 0 Å². The molecular weight excluding hydrogens is 426 g/mol. The van der Waals surface area contributed by atoms with Gasteiger partial charge in [0, 0.05) is 38.2 Å². The number of carbonyl (C=O) groups is 2. The van der Waals surface area contributed by atoms with Crippen molar-refractivity contribution in [2.75, 3.05) is 39.1 Å². The van der Waals surface area contributed by atoms with Crippen molar-refractivity contribution in [2.24, 2.45) is 0 Å². The van der Waals surface area contributed by atoms with Crippen molar-refractivity contribution in [2.45, 2.75) is 12.8 Å². The lowest BCUT2D eigenvalue weighted by Crippen LogP contribution is -2.56. The number of rotatable bonds is 8. The number of aromatic hydroxyl groups is 1.